The maximum absolute atomic E-state index is 12.7. The van der Waals surface area contributed by atoms with Crippen LogP contribution >= 0.6 is 11.6 Å². The third-order valence-corrected chi connectivity index (χ3v) is 5.52. The number of carbonyl (C=O) groups is 1. The van der Waals surface area contributed by atoms with Gasteiger partial charge in [-0.2, -0.15) is 0 Å². The third-order valence-electron chi connectivity index (χ3n) is 5.26. The number of halogens is 1. The number of rotatable bonds is 9. The van der Waals surface area contributed by atoms with Gasteiger partial charge in [0.05, 0.1) is 13.7 Å². The molecule has 0 saturated heterocycles. The largest absolute Gasteiger partial charge is 0.497 e. The lowest BCUT2D eigenvalue weighted by atomic mass is 9.95. The molecule has 0 spiro atoms. The summed E-state index contributed by atoms with van der Waals surface area (Å²) >= 11 is 6.02. The lowest BCUT2D eigenvalue weighted by Crippen LogP contribution is -2.28. The van der Waals surface area contributed by atoms with Gasteiger partial charge in [-0.25, -0.2) is 4.68 Å². The summed E-state index contributed by atoms with van der Waals surface area (Å²) in [6, 6.07) is 13.4. The van der Waals surface area contributed by atoms with Gasteiger partial charge in [0.25, 0.3) is 0 Å². The third kappa shape index (κ3) is 5.21. The fourth-order valence-electron chi connectivity index (χ4n) is 3.64. The number of aromatic nitrogens is 5. The number of ether oxygens (including phenoxy) is 1. The molecule has 160 valence electrons. The number of hydrogen-bond donors (Lipinski definition) is 2. The minimum absolute atomic E-state index is 0.0227. The Morgan fingerprint density at radius 2 is 2.10 bits per heavy atom. The molecule has 0 saturated carbocycles. The molecule has 0 unspecified atom stereocenters. The van der Waals surface area contributed by atoms with Gasteiger partial charge in [-0.3, -0.25) is 4.79 Å². The zero-order valence-electron chi connectivity index (χ0n) is 17.1. The highest BCUT2D eigenvalue weighted by Gasteiger charge is 2.18. The number of benzene rings is 2. The van der Waals surface area contributed by atoms with Crippen LogP contribution in [-0.4, -0.2) is 44.8 Å². The molecule has 4 aromatic rings. The summed E-state index contributed by atoms with van der Waals surface area (Å²) in [5, 5.41) is 16.1. The fourth-order valence-corrected chi connectivity index (χ4v) is 3.76. The van der Waals surface area contributed by atoms with Gasteiger partial charge in [-0.1, -0.05) is 23.7 Å². The van der Waals surface area contributed by atoms with E-state index in [0.29, 0.717) is 24.5 Å². The normalized spacial score (nSPS) is 12.1. The average molecular weight is 439 g/mol. The van der Waals surface area contributed by atoms with Crippen molar-refractivity contribution in [1.82, 2.24) is 30.5 Å². The van der Waals surface area contributed by atoms with E-state index in [2.05, 4.69) is 25.8 Å². The van der Waals surface area contributed by atoms with Crippen molar-refractivity contribution in [2.45, 2.75) is 25.3 Å². The van der Waals surface area contributed by atoms with Gasteiger partial charge in [0, 0.05) is 41.0 Å². The Morgan fingerprint density at radius 3 is 2.84 bits per heavy atom. The molecule has 0 radical (unpaired) electrons. The summed E-state index contributed by atoms with van der Waals surface area (Å²) in [5.74, 6) is 0.717. The van der Waals surface area contributed by atoms with Crippen molar-refractivity contribution in [3.8, 4) is 5.75 Å². The molecule has 0 aliphatic rings. The van der Waals surface area contributed by atoms with Crippen molar-refractivity contribution >= 4 is 28.4 Å². The molecule has 2 N–H and O–H groups in total. The van der Waals surface area contributed by atoms with Crippen molar-refractivity contribution < 1.29 is 9.53 Å². The van der Waals surface area contributed by atoms with Crippen LogP contribution in [0.5, 0.6) is 5.75 Å². The Labute approximate surface area is 184 Å². The molecule has 9 heteroatoms. The predicted octanol–water partition coefficient (Wildman–Crippen LogP) is 3.35. The highest BCUT2D eigenvalue weighted by Crippen LogP contribution is 2.25. The monoisotopic (exact) mass is 438 g/mol. The Morgan fingerprint density at radius 1 is 1.26 bits per heavy atom. The smallest absolute Gasteiger partial charge is 0.220 e. The molecule has 2 aromatic carbocycles. The van der Waals surface area contributed by atoms with E-state index in [1.54, 1.807) is 18.1 Å². The van der Waals surface area contributed by atoms with E-state index in [1.807, 2.05) is 48.7 Å². The van der Waals surface area contributed by atoms with E-state index >= 15 is 0 Å². The molecule has 1 amide bonds. The van der Waals surface area contributed by atoms with Gasteiger partial charge >= 0.3 is 0 Å². The maximum Gasteiger partial charge on any atom is 0.220 e. The zero-order chi connectivity index (χ0) is 21.6. The number of aromatic amines is 1. The SMILES string of the molecule is COc1ccc2[nH]cc(CCNC(=O)C[C@@H](Cn3cnnn3)c3ccc(Cl)cc3)c2c1. The number of amides is 1. The van der Waals surface area contributed by atoms with Crippen molar-refractivity contribution in [1.29, 1.82) is 0 Å². The van der Waals surface area contributed by atoms with E-state index in [0.717, 1.165) is 34.2 Å². The lowest BCUT2D eigenvalue weighted by molar-refractivity contribution is -0.121. The second kappa shape index (κ2) is 9.61. The van der Waals surface area contributed by atoms with Gasteiger partial charge in [-0.15, -0.1) is 5.10 Å². The number of methoxy groups -OCH3 is 1. The van der Waals surface area contributed by atoms with Crippen LogP contribution in [0.4, 0.5) is 0 Å². The first-order valence-corrected chi connectivity index (χ1v) is 10.4. The number of fused-ring (bicyclic) bond motifs is 1. The van der Waals surface area contributed by atoms with Gasteiger partial charge in [-0.05, 0) is 58.3 Å². The van der Waals surface area contributed by atoms with Crippen LogP contribution in [0.2, 0.25) is 5.02 Å². The van der Waals surface area contributed by atoms with Crippen LogP contribution in [0, 0.1) is 0 Å². The van der Waals surface area contributed by atoms with Gasteiger partial charge < -0.3 is 15.0 Å². The number of nitrogens with zero attached hydrogens (tertiary/aromatic N) is 4. The Bertz CT molecular complexity index is 1140. The second-order valence-corrected chi connectivity index (χ2v) is 7.75. The van der Waals surface area contributed by atoms with E-state index in [4.69, 9.17) is 16.3 Å². The molecule has 8 nitrogen and oxygen atoms in total. The maximum atomic E-state index is 12.7. The van der Waals surface area contributed by atoms with Crippen LogP contribution in [0.1, 0.15) is 23.5 Å². The molecule has 2 heterocycles. The van der Waals surface area contributed by atoms with E-state index < -0.39 is 0 Å². The Balaban J connectivity index is 1.38. The van der Waals surface area contributed by atoms with Gasteiger partial charge in [0.2, 0.25) is 5.91 Å². The molecular formula is C22H23ClN6O2. The highest BCUT2D eigenvalue weighted by molar-refractivity contribution is 6.30. The number of nitrogens with one attached hydrogen (secondary N) is 2. The van der Waals surface area contributed by atoms with Crippen molar-refractivity contribution in [3.63, 3.8) is 0 Å². The second-order valence-electron chi connectivity index (χ2n) is 7.31. The van der Waals surface area contributed by atoms with Crippen molar-refractivity contribution in [3.05, 3.63) is 71.1 Å². The van der Waals surface area contributed by atoms with Crippen LogP contribution in [0.3, 0.4) is 0 Å². The van der Waals surface area contributed by atoms with Gasteiger partial charge in [0.15, 0.2) is 0 Å². The van der Waals surface area contributed by atoms with Crippen LogP contribution in [0.15, 0.2) is 55.0 Å². The summed E-state index contributed by atoms with van der Waals surface area (Å²) in [6.07, 6.45) is 4.57. The predicted molar refractivity (Wildman–Crippen MR) is 118 cm³/mol. The highest BCUT2D eigenvalue weighted by atomic mass is 35.5. The Hall–Kier alpha value is -3.39. The molecule has 2 aromatic heterocycles. The van der Waals surface area contributed by atoms with Crippen molar-refractivity contribution in [2.24, 2.45) is 0 Å². The number of carbonyl (C=O) groups excluding carboxylic acids is 1. The standard InChI is InChI=1S/C22H23ClN6O2/c1-31-19-6-7-21-20(11-19)16(12-25-21)8-9-24-22(30)10-17(13-29-14-26-27-28-29)15-2-4-18(23)5-3-15/h2-7,11-12,14,17,25H,8-10,13H2,1H3,(H,24,30)/t17-/m0/s1. The quantitative estimate of drug-likeness (QED) is 0.417. The summed E-state index contributed by atoms with van der Waals surface area (Å²) in [7, 11) is 1.65. The van der Waals surface area contributed by atoms with E-state index in [9.17, 15) is 4.79 Å². The fraction of sp³-hybridized carbons (Fsp3) is 0.273. The topological polar surface area (TPSA) is 97.7 Å². The van der Waals surface area contributed by atoms with Gasteiger partial charge in [0.1, 0.15) is 12.1 Å². The summed E-state index contributed by atoms with van der Waals surface area (Å²) in [5.41, 5.74) is 3.20. The molecule has 31 heavy (non-hydrogen) atoms. The van der Waals surface area contributed by atoms with Crippen LogP contribution < -0.4 is 10.1 Å². The Kier molecular flexibility index (Phi) is 6.47. The first kappa shape index (κ1) is 20.9. The zero-order valence-corrected chi connectivity index (χ0v) is 17.8. The minimum atomic E-state index is -0.0712. The van der Waals surface area contributed by atoms with E-state index in [1.165, 1.54) is 0 Å². The summed E-state index contributed by atoms with van der Waals surface area (Å²) in [6.45, 7) is 1.05. The number of tetrazole rings is 1. The molecule has 4 rings (SSSR count). The first-order valence-electron chi connectivity index (χ1n) is 9.99. The molecular weight excluding hydrogens is 416 g/mol. The molecule has 0 bridgehead atoms. The number of hydrogen-bond acceptors (Lipinski definition) is 5. The molecule has 0 aliphatic heterocycles. The first-order chi connectivity index (χ1) is 15.1. The molecule has 0 aliphatic carbocycles. The van der Waals surface area contributed by atoms with Crippen LogP contribution in [-0.2, 0) is 17.8 Å². The minimum Gasteiger partial charge on any atom is -0.497 e. The summed E-state index contributed by atoms with van der Waals surface area (Å²) < 4.78 is 6.95. The summed E-state index contributed by atoms with van der Waals surface area (Å²) in [4.78, 5) is 15.9. The molecule has 1 atom stereocenters. The number of H-pyrrole nitrogens is 1. The average Bonchev–Trinajstić information content (AvgIpc) is 3.43. The lowest BCUT2D eigenvalue weighted by Gasteiger charge is -2.17. The van der Waals surface area contributed by atoms with Crippen molar-refractivity contribution in [2.75, 3.05) is 13.7 Å². The van der Waals surface area contributed by atoms with E-state index in [-0.39, 0.29) is 11.8 Å². The molecule has 0 fully saturated rings. The van der Waals surface area contributed by atoms with Crippen LogP contribution in [0.25, 0.3) is 10.9 Å².